The summed E-state index contributed by atoms with van der Waals surface area (Å²) in [7, 11) is 0. The molecule has 0 bridgehead atoms. The van der Waals surface area contributed by atoms with Crippen LogP contribution >= 0.6 is 11.3 Å². The fourth-order valence-electron chi connectivity index (χ4n) is 5.36. The summed E-state index contributed by atoms with van der Waals surface area (Å²) >= 11 is 1.55. The van der Waals surface area contributed by atoms with E-state index in [-0.39, 0.29) is 18.1 Å². The average molecular weight is 559 g/mol. The van der Waals surface area contributed by atoms with Gasteiger partial charge in [-0.2, -0.15) is 0 Å². The first kappa shape index (κ1) is 31.4. The lowest BCUT2D eigenvalue weighted by atomic mass is 9.71. The van der Waals surface area contributed by atoms with Crippen LogP contribution in [0.15, 0.2) is 29.8 Å². The lowest BCUT2D eigenvalue weighted by molar-refractivity contribution is -0.156. The Balaban J connectivity index is 1.92. The van der Waals surface area contributed by atoms with Crippen LogP contribution in [0, 0.1) is 17.3 Å². The number of nitrogens with two attached hydrogens (primary N) is 1. The Morgan fingerprint density at radius 3 is 2.67 bits per heavy atom. The van der Waals surface area contributed by atoms with Crippen LogP contribution in [0.2, 0.25) is 0 Å². The summed E-state index contributed by atoms with van der Waals surface area (Å²) in [6.45, 7) is 9.83. The summed E-state index contributed by atoms with van der Waals surface area (Å²) in [5, 5.41) is 23.2. The molecule has 2 heterocycles. The maximum atomic E-state index is 13.7. The van der Waals surface area contributed by atoms with E-state index in [1.54, 1.807) is 25.2 Å². The zero-order valence-corrected chi connectivity index (χ0v) is 24.9. The molecule has 0 amide bonds. The maximum absolute atomic E-state index is 13.7. The third kappa shape index (κ3) is 7.97. The van der Waals surface area contributed by atoms with Gasteiger partial charge in [-0.05, 0) is 56.2 Å². The zero-order chi connectivity index (χ0) is 28.7. The number of unbranched alkanes of at least 4 members (excludes halogenated alkanes) is 1. The van der Waals surface area contributed by atoms with E-state index in [2.05, 4.69) is 24.9 Å². The molecule has 1 aliphatic rings. The largest absolute Gasteiger partial charge is 0.457 e. The minimum atomic E-state index is -1.23. The number of thiazole rings is 1. The van der Waals surface area contributed by atoms with E-state index < -0.39 is 35.6 Å². The monoisotopic (exact) mass is 558 g/mol. The van der Waals surface area contributed by atoms with Crippen molar-refractivity contribution >= 4 is 33.3 Å². The molecule has 0 saturated carbocycles. The van der Waals surface area contributed by atoms with E-state index in [4.69, 9.17) is 10.5 Å². The fraction of sp³-hybridized carbons (Fsp3) is 0.645. The molecule has 1 aromatic heterocycles. The predicted molar refractivity (Wildman–Crippen MR) is 156 cm³/mol. The molecule has 5 atom stereocenters. The normalized spacial score (nSPS) is 29.1. The highest BCUT2D eigenvalue weighted by atomic mass is 32.1. The molecule has 0 spiro atoms. The van der Waals surface area contributed by atoms with Gasteiger partial charge in [-0.1, -0.05) is 58.3 Å². The topological polar surface area (TPSA) is 123 Å². The van der Waals surface area contributed by atoms with Crippen LogP contribution in [-0.4, -0.2) is 39.2 Å². The molecule has 39 heavy (non-hydrogen) atoms. The average Bonchev–Trinajstić information content (AvgIpc) is 3.32. The van der Waals surface area contributed by atoms with Crippen LogP contribution in [0.1, 0.15) is 103 Å². The second-order valence-electron chi connectivity index (χ2n) is 11.7. The van der Waals surface area contributed by atoms with Crippen LogP contribution in [0.3, 0.4) is 0 Å². The third-order valence-corrected chi connectivity index (χ3v) is 9.27. The van der Waals surface area contributed by atoms with Gasteiger partial charge in [0.25, 0.3) is 0 Å². The van der Waals surface area contributed by atoms with Crippen LogP contribution in [-0.2, 0) is 20.9 Å². The Morgan fingerprint density at radius 1 is 1.23 bits per heavy atom. The van der Waals surface area contributed by atoms with Crippen molar-refractivity contribution in [2.45, 2.75) is 111 Å². The summed E-state index contributed by atoms with van der Waals surface area (Å²) < 4.78 is 6.97. The number of cyclic esters (lactones) is 1. The number of ketones is 1. The Bertz CT molecular complexity index is 1160. The number of nitrogens with zero attached hydrogens (tertiary/aromatic N) is 1. The van der Waals surface area contributed by atoms with Crippen LogP contribution in [0.5, 0.6) is 0 Å². The summed E-state index contributed by atoms with van der Waals surface area (Å²) in [5.74, 6) is -1.39. The Hall–Kier alpha value is -2.13. The number of aliphatic hydroxyl groups is 2. The number of hydrogen-bond donors (Lipinski definition) is 3. The molecule has 0 aliphatic carbocycles. The number of Topliss-reactive ketones (excluding diaryl/α,β-unsaturated/α-hetero) is 1. The van der Waals surface area contributed by atoms with E-state index in [9.17, 15) is 19.8 Å². The number of allylic oxidation sites excluding steroid dienone is 1. The quantitative estimate of drug-likeness (QED) is 0.303. The molecule has 1 aromatic carbocycles. The number of aromatic nitrogens is 1. The van der Waals surface area contributed by atoms with Crippen molar-refractivity contribution in [2.75, 3.05) is 0 Å². The number of esters is 1. The number of rotatable bonds is 5. The molecule has 0 radical (unpaired) electrons. The van der Waals surface area contributed by atoms with Gasteiger partial charge in [-0.25, -0.2) is 4.98 Å². The molecule has 5 unspecified atom stereocenters. The van der Waals surface area contributed by atoms with Crippen LogP contribution < -0.4 is 5.73 Å². The molecule has 0 saturated heterocycles. The van der Waals surface area contributed by atoms with Crippen molar-refractivity contribution in [3.63, 3.8) is 0 Å². The van der Waals surface area contributed by atoms with Gasteiger partial charge in [-0.15, -0.1) is 11.3 Å². The van der Waals surface area contributed by atoms with Crippen molar-refractivity contribution in [1.82, 2.24) is 4.98 Å². The van der Waals surface area contributed by atoms with Crippen molar-refractivity contribution < 1.29 is 24.5 Å². The molecule has 2 aromatic rings. The van der Waals surface area contributed by atoms with Gasteiger partial charge in [0.1, 0.15) is 16.9 Å². The summed E-state index contributed by atoms with van der Waals surface area (Å²) in [6, 6.07) is 5.87. The number of hydrogen-bond acceptors (Lipinski definition) is 8. The van der Waals surface area contributed by atoms with Crippen LogP contribution in [0.25, 0.3) is 10.2 Å². The number of carbonyl (C=O) groups excluding carboxylic acids is 2. The van der Waals surface area contributed by atoms with Gasteiger partial charge in [0, 0.05) is 18.9 Å². The Kier molecular flexibility index (Phi) is 11.2. The van der Waals surface area contributed by atoms with Gasteiger partial charge in [0.05, 0.1) is 34.3 Å². The Labute approximate surface area is 236 Å². The summed E-state index contributed by atoms with van der Waals surface area (Å²) in [4.78, 5) is 31.5. The lowest BCUT2D eigenvalue weighted by Gasteiger charge is -2.36. The molecule has 0 fully saturated rings. The van der Waals surface area contributed by atoms with E-state index >= 15 is 0 Å². The highest BCUT2D eigenvalue weighted by molar-refractivity contribution is 7.18. The van der Waals surface area contributed by atoms with E-state index in [0.29, 0.717) is 19.4 Å². The first-order valence-electron chi connectivity index (χ1n) is 14.3. The number of fused-ring (bicyclic) bond motifs is 1. The second-order valence-corrected chi connectivity index (χ2v) is 12.8. The van der Waals surface area contributed by atoms with E-state index in [1.165, 1.54) is 5.57 Å². The first-order chi connectivity index (χ1) is 18.5. The van der Waals surface area contributed by atoms with Gasteiger partial charge in [0.2, 0.25) is 0 Å². The van der Waals surface area contributed by atoms with Gasteiger partial charge < -0.3 is 20.7 Å². The van der Waals surface area contributed by atoms with Crippen molar-refractivity contribution in [2.24, 2.45) is 23.0 Å². The van der Waals surface area contributed by atoms with Crippen LogP contribution in [0.4, 0.5) is 0 Å². The van der Waals surface area contributed by atoms with Gasteiger partial charge >= 0.3 is 5.97 Å². The minimum Gasteiger partial charge on any atom is -0.457 e. The van der Waals surface area contributed by atoms with Crippen molar-refractivity contribution in [3.8, 4) is 0 Å². The predicted octanol–water partition coefficient (Wildman–Crippen LogP) is 6.01. The van der Waals surface area contributed by atoms with Gasteiger partial charge in [-0.3, -0.25) is 9.59 Å². The molecule has 216 valence electrons. The van der Waals surface area contributed by atoms with Crippen molar-refractivity contribution in [1.29, 1.82) is 0 Å². The molecule has 1 aliphatic heterocycles. The lowest BCUT2D eigenvalue weighted by Crippen LogP contribution is -2.46. The minimum absolute atomic E-state index is 0.0505. The zero-order valence-electron chi connectivity index (χ0n) is 24.1. The first-order valence-corrected chi connectivity index (χ1v) is 15.1. The Morgan fingerprint density at radius 2 is 1.97 bits per heavy atom. The second kappa shape index (κ2) is 14.0. The van der Waals surface area contributed by atoms with Crippen molar-refractivity contribution in [3.05, 3.63) is 40.4 Å². The number of carbonyl (C=O) groups is 2. The fourth-order valence-corrected chi connectivity index (χ4v) is 6.18. The molecule has 4 N–H and O–H groups in total. The highest BCUT2D eigenvalue weighted by Crippen LogP contribution is 2.36. The molecular weight excluding hydrogens is 512 g/mol. The number of ether oxygens (including phenoxy) is 1. The molecule has 3 rings (SSSR count). The van der Waals surface area contributed by atoms with E-state index in [0.717, 1.165) is 52.9 Å². The van der Waals surface area contributed by atoms with E-state index in [1.807, 2.05) is 25.1 Å². The number of benzene rings is 1. The molecular formula is C31H46N2O5S. The SMILES string of the molecule is CCCCC1C(=O)C(C)(C)C(O)CC(=O)OC(c2ccc3sc(CN)nc3c2)C/C=C(\C)CCCC(C)C1O. The molecule has 7 nitrogen and oxygen atoms in total. The summed E-state index contributed by atoms with van der Waals surface area (Å²) in [6.07, 6.45) is 4.56. The number of aliphatic hydroxyl groups excluding tert-OH is 2. The third-order valence-electron chi connectivity index (χ3n) is 8.22. The smallest absolute Gasteiger partial charge is 0.309 e. The molecule has 8 heteroatoms. The highest BCUT2D eigenvalue weighted by Gasteiger charge is 2.43. The maximum Gasteiger partial charge on any atom is 0.309 e. The summed E-state index contributed by atoms with van der Waals surface area (Å²) in [5.41, 5.74) is 7.40. The van der Waals surface area contributed by atoms with Gasteiger partial charge in [0.15, 0.2) is 0 Å². The standard InChI is InChI=1S/C31H46N2O5S/c1-6-7-11-22-29(36)20(3)10-8-9-19(2)12-14-24(38-28(35)17-26(34)31(4,5)30(22)37)21-13-15-25-23(16-21)33-27(18-32)39-25/h12-13,15-16,20,22,24,26,29,34,36H,6-11,14,17-18,32H2,1-5H3/b19-12+.